The predicted molar refractivity (Wildman–Crippen MR) is 114 cm³/mol. The number of rotatable bonds is 8. The Hall–Kier alpha value is -2.58. The smallest absolute Gasteiger partial charge is 0.295 e. The fourth-order valence-electron chi connectivity index (χ4n) is 3.48. The first-order valence-electron chi connectivity index (χ1n) is 9.60. The molecular formula is C22H23BrN2O5. The molecule has 1 amide bonds. The van der Waals surface area contributed by atoms with Crippen LogP contribution in [0.25, 0.3) is 0 Å². The molecule has 2 heterocycles. The number of halogens is 1. The predicted octanol–water partition coefficient (Wildman–Crippen LogP) is 3.37. The monoisotopic (exact) mass is 474 g/mol. The Kier molecular flexibility index (Phi) is 6.99. The molecule has 0 saturated carbocycles. The Bertz CT molecular complexity index is 945. The molecule has 1 aromatic carbocycles. The van der Waals surface area contributed by atoms with E-state index in [1.54, 1.807) is 63.6 Å². The van der Waals surface area contributed by atoms with Gasteiger partial charge < -0.3 is 9.47 Å². The molecule has 3 rings (SSSR count). The number of anilines is 1. The molecule has 1 aromatic heterocycles. The highest BCUT2D eigenvalue weighted by molar-refractivity contribution is 9.10. The summed E-state index contributed by atoms with van der Waals surface area (Å²) >= 11 is 3.38. The summed E-state index contributed by atoms with van der Waals surface area (Å²) in [6.45, 7) is 4.04. The number of benzene rings is 1. The van der Waals surface area contributed by atoms with Crippen LogP contribution in [-0.4, -0.2) is 42.8 Å². The number of methoxy groups -OCH3 is 1. The highest BCUT2D eigenvalue weighted by atomic mass is 79.9. The van der Waals surface area contributed by atoms with Crippen molar-refractivity contribution in [3.8, 4) is 5.88 Å². The van der Waals surface area contributed by atoms with E-state index >= 15 is 0 Å². The number of ketones is 2. The fraction of sp³-hybridized carbons (Fsp3) is 0.364. The largest absolute Gasteiger partial charge is 0.475 e. The Labute approximate surface area is 183 Å². The first-order chi connectivity index (χ1) is 14.4. The van der Waals surface area contributed by atoms with Gasteiger partial charge in [0, 0.05) is 34.9 Å². The number of aromatic nitrogens is 1. The third kappa shape index (κ3) is 4.29. The number of amides is 1. The molecule has 8 heteroatoms. The Balaban J connectivity index is 2.13. The first kappa shape index (κ1) is 22.1. The minimum atomic E-state index is -1.13. The quantitative estimate of drug-likeness (QED) is 0.331. The third-order valence-corrected chi connectivity index (χ3v) is 5.46. The zero-order valence-electron chi connectivity index (χ0n) is 17.0. The molecule has 158 valence electrons. The van der Waals surface area contributed by atoms with Gasteiger partial charge >= 0.3 is 0 Å². The van der Waals surface area contributed by atoms with Crippen LogP contribution in [0.2, 0.25) is 0 Å². The summed E-state index contributed by atoms with van der Waals surface area (Å²) < 4.78 is 11.6. The SMILES string of the molecule is COCCOc1ncccc1[C@@H]1C(C(=O)C(C)C)C(=O)C(=O)N1c1ccc(Br)cc1. The summed E-state index contributed by atoms with van der Waals surface area (Å²) in [6.07, 6.45) is 1.56. The number of carbonyl (C=O) groups is 3. The minimum Gasteiger partial charge on any atom is -0.475 e. The summed E-state index contributed by atoms with van der Waals surface area (Å²) in [4.78, 5) is 44.6. The van der Waals surface area contributed by atoms with E-state index in [-0.39, 0.29) is 18.3 Å². The molecule has 2 aromatic rings. The van der Waals surface area contributed by atoms with Crippen molar-refractivity contribution >= 4 is 39.1 Å². The molecule has 7 nitrogen and oxygen atoms in total. The van der Waals surface area contributed by atoms with Crippen LogP contribution in [0, 0.1) is 11.8 Å². The van der Waals surface area contributed by atoms with Crippen LogP contribution >= 0.6 is 15.9 Å². The maximum absolute atomic E-state index is 13.0. The van der Waals surface area contributed by atoms with E-state index in [2.05, 4.69) is 20.9 Å². The van der Waals surface area contributed by atoms with Crippen LogP contribution in [0.15, 0.2) is 47.1 Å². The average molecular weight is 475 g/mol. The topological polar surface area (TPSA) is 85.8 Å². The molecule has 30 heavy (non-hydrogen) atoms. The van der Waals surface area contributed by atoms with E-state index < -0.39 is 29.6 Å². The molecule has 1 aliphatic heterocycles. The van der Waals surface area contributed by atoms with Gasteiger partial charge in [0.2, 0.25) is 11.7 Å². The lowest BCUT2D eigenvalue weighted by atomic mass is 9.85. The van der Waals surface area contributed by atoms with E-state index in [4.69, 9.17) is 9.47 Å². The van der Waals surface area contributed by atoms with E-state index in [1.165, 1.54) is 4.90 Å². The van der Waals surface area contributed by atoms with Crippen LogP contribution < -0.4 is 9.64 Å². The number of hydrogen-bond donors (Lipinski definition) is 0. The molecule has 0 radical (unpaired) electrons. The Morgan fingerprint density at radius 2 is 1.87 bits per heavy atom. The van der Waals surface area contributed by atoms with Gasteiger partial charge in [0.15, 0.2) is 0 Å². The molecule has 1 saturated heterocycles. The zero-order chi connectivity index (χ0) is 21.8. The fourth-order valence-corrected chi connectivity index (χ4v) is 3.75. The molecule has 0 bridgehead atoms. The van der Waals surface area contributed by atoms with Gasteiger partial charge in [-0.25, -0.2) is 4.98 Å². The first-order valence-corrected chi connectivity index (χ1v) is 10.4. The molecular weight excluding hydrogens is 452 g/mol. The number of ether oxygens (including phenoxy) is 2. The van der Waals surface area contributed by atoms with E-state index in [0.717, 1.165) is 4.47 Å². The second kappa shape index (κ2) is 9.49. The second-order valence-corrected chi connectivity index (χ2v) is 8.15. The lowest BCUT2D eigenvalue weighted by Gasteiger charge is -2.28. The normalized spacial score (nSPS) is 18.9. The van der Waals surface area contributed by atoms with Crippen LogP contribution in [0.1, 0.15) is 25.5 Å². The molecule has 0 spiro atoms. The molecule has 1 aliphatic rings. The summed E-state index contributed by atoms with van der Waals surface area (Å²) in [5.74, 6) is -2.99. The number of Topliss-reactive ketones (excluding diaryl/α,β-unsaturated/α-hetero) is 2. The summed E-state index contributed by atoms with van der Waals surface area (Å²) in [5.41, 5.74) is 1.03. The van der Waals surface area contributed by atoms with Crippen LogP contribution in [-0.2, 0) is 19.1 Å². The van der Waals surface area contributed by atoms with Crippen molar-refractivity contribution in [2.75, 3.05) is 25.2 Å². The van der Waals surface area contributed by atoms with Gasteiger partial charge in [0.05, 0.1) is 12.6 Å². The van der Waals surface area contributed by atoms with Crippen molar-refractivity contribution in [3.63, 3.8) is 0 Å². The number of pyridine rings is 1. The minimum absolute atomic E-state index is 0.246. The highest BCUT2D eigenvalue weighted by Crippen LogP contribution is 2.43. The molecule has 1 unspecified atom stereocenters. The Morgan fingerprint density at radius 3 is 2.50 bits per heavy atom. The second-order valence-electron chi connectivity index (χ2n) is 7.23. The lowest BCUT2D eigenvalue weighted by molar-refractivity contribution is -0.139. The van der Waals surface area contributed by atoms with Crippen molar-refractivity contribution in [2.24, 2.45) is 11.8 Å². The van der Waals surface area contributed by atoms with Crippen molar-refractivity contribution in [1.29, 1.82) is 0 Å². The van der Waals surface area contributed by atoms with E-state index in [0.29, 0.717) is 17.9 Å². The highest BCUT2D eigenvalue weighted by Gasteiger charge is 2.53. The number of nitrogens with zero attached hydrogens (tertiary/aromatic N) is 2. The number of hydrogen-bond acceptors (Lipinski definition) is 6. The summed E-state index contributed by atoms with van der Waals surface area (Å²) in [6, 6.07) is 9.61. The Morgan fingerprint density at radius 1 is 1.17 bits per heavy atom. The van der Waals surface area contributed by atoms with E-state index in [1.807, 2.05) is 0 Å². The van der Waals surface area contributed by atoms with Gasteiger partial charge in [0.1, 0.15) is 18.3 Å². The van der Waals surface area contributed by atoms with Crippen molar-refractivity contribution in [1.82, 2.24) is 4.98 Å². The standard InChI is InChI=1S/C22H23BrN2O5/c1-13(2)19(26)17-18(16-5-4-10-24-21(16)30-12-11-29-3)25(22(28)20(17)27)15-8-6-14(23)7-9-15/h4-10,13,17-18H,11-12H2,1-3H3/t17?,18-/m1/s1. The van der Waals surface area contributed by atoms with E-state index in [9.17, 15) is 14.4 Å². The molecule has 0 N–H and O–H groups in total. The van der Waals surface area contributed by atoms with Gasteiger partial charge in [-0.2, -0.15) is 0 Å². The summed E-state index contributed by atoms with van der Waals surface area (Å²) in [5, 5.41) is 0. The van der Waals surface area contributed by atoms with Crippen molar-refractivity contribution < 1.29 is 23.9 Å². The molecule has 1 fully saturated rings. The zero-order valence-corrected chi connectivity index (χ0v) is 18.6. The molecule has 0 aliphatic carbocycles. The van der Waals surface area contributed by atoms with Gasteiger partial charge in [-0.15, -0.1) is 0 Å². The van der Waals surface area contributed by atoms with Gasteiger partial charge in [-0.05, 0) is 36.4 Å². The van der Waals surface area contributed by atoms with Gasteiger partial charge in [-0.3, -0.25) is 19.3 Å². The number of carbonyl (C=O) groups excluding carboxylic acids is 3. The van der Waals surface area contributed by atoms with Crippen LogP contribution in [0.5, 0.6) is 5.88 Å². The lowest BCUT2D eigenvalue weighted by Crippen LogP contribution is -2.32. The van der Waals surface area contributed by atoms with Crippen LogP contribution in [0.3, 0.4) is 0 Å². The summed E-state index contributed by atoms with van der Waals surface area (Å²) in [7, 11) is 1.56. The molecule has 2 atom stereocenters. The van der Waals surface area contributed by atoms with Gasteiger partial charge in [0.25, 0.3) is 5.91 Å². The van der Waals surface area contributed by atoms with Gasteiger partial charge in [-0.1, -0.05) is 29.8 Å². The van der Waals surface area contributed by atoms with Crippen molar-refractivity contribution in [3.05, 3.63) is 52.6 Å². The third-order valence-electron chi connectivity index (χ3n) is 4.93. The average Bonchev–Trinajstić information content (AvgIpc) is 2.99. The maximum atomic E-state index is 13.0. The van der Waals surface area contributed by atoms with Crippen molar-refractivity contribution in [2.45, 2.75) is 19.9 Å². The van der Waals surface area contributed by atoms with Crippen LogP contribution in [0.4, 0.5) is 5.69 Å². The maximum Gasteiger partial charge on any atom is 0.295 e.